The van der Waals surface area contributed by atoms with Crippen LogP contribution in [0.1, 0.15) is 0 Å². The molecule has 0 bridgehead atoms. The van der Waals surface area contributed by atoms with Crippen LogP contribution in [0.4, 0.5) is 0 Å². The molecule has 0 atom stereocenters. The predicted molar refractivity (Wildman–Crippen MR) is 69.9 cm³/mol. The molecular formula is C8H10I2O2. The molecule has 0 aliphatic heterocycles. The Bertz CT molecular complexity index is 173. The number of allylic oxidation sites excluding steroid dienone is 4. The minimum atomic E-state index is 0.442. The topological polar surface area (TPSA) is 40.5 Å². The Morgan fingerprint density at radius 1 is 0.917 bits per heavy atom. The van der Waals surface area contributed by atoms with Crippen LogP contribution in [-0.2, 0) is 0 Å². The van der Waals surface area contributed by atoms with Gasteiger partial charge in [-0.2, -0.15) is 0 Å². The van der Waals surface area contributed by atoms with Crippen molar-refractivity contribution < 1.29 is 10.2 Å². The van der Waals surface area contributed by atoms with Crippen LogP contribution in [-0.4, -0.2) is 10.2 Å². The Labute approximate surface area is 95.7 Å². The van der Waals surface area contributed by atoms with E-state index in [4.69, 9.17) is 10.2 Å². The van der Waals surface area contributed by atoms with Crippen molar-refractivity contribution in [2.75, 3.05) is 0 Å². The molecule has 0 aromatic carbocycles. The van der Waals surface area contributed by atoms with Gasteiger partial charge in [0.2, 0.25) is 0 Å². The van der Waals surface area contributed by atoms with Crippen molar-refractivity contribution in [3.05, 3.63) is 49.0 Å². The van der Waals surface area contributed by atoms with Crippen LogP contribution in [0.15, 0.2) is 49.0 Å². The van der Waals surface area contributed by atoms with Gasteiger partial charge in [0.15, 0.2) is 0 Å². The molecule has 0 spiro atoms. The van der Waals surface area contributed by atoms with Gasteiger partial charge in [-0.25, -0.2) is 0 Å². The first kappa shape index (κ1) is 14.5. The number of halogens is 2. The third-order valence-electron chi connectivity index (χ3n) is 1.05. The summed E-state index contributed by atoms with van der Waals surface area (Å²) < 4.78 is 0. The van der Waals surface area contributed by atoms with Crippen molar-refractivity contribution in [2.24, 2.45) is 0 Å². The minimum Gasteiger partial charge on any atom is -0.515 e. The Balaban J connectivity index is 0. The Morgan fingerprint density at radius 3 is 1.25 bits per heavy atom. The van der Waals surface area contributed by atoms with Crippen LogP contribution in [0, 0.1) is 0 Å². The fourth-order valence-electron chi connectivity index (χ4n) is 0.490. The van der Waals surface area contributed by atoms with Gasteiger partial charge in [0, 0.05) is 48.4 Å². The monoisotopic (exact) mass is 392 g/mol. The van der Waals surface area contributed by atoms with E-state index >= 15 is 0 Å². The van der Waals surface area contributed by atoms with Gasteiger partial charge in [0.1, 0.15) is 0 Å². The summed E-state index contributed by atoms with van der Waals surface area (Å²) in [4.78, 5) is 0. The van der Waals surface area contributed by atoms with Gasteiger partial charge in [-0.3, -0.25) is 0 Å². The SMILES string of the molecule is C=CC(=C/O)/C(C=C)=C\O.II. The normalized spacial score (nSPS) is 11.2. The summed E-state index contributed by atoms with van der Waals surface area (Å²) in [5, 5.41) is 17.1. The van der Waals surface area contributed by atoms with Gasteiger partial charge in [-0.1, -0.05) is 25.3 Å². The molecule has 12 heavy (non-hydrogen) atoms. The highest BCUT2D eigenvalue weighted by Crippen LogP contribution is 2.09. The Morgan fingerprint density at radius 2 is 1.17 bits per heavy atom. The van der Waals surface area contributed by atoms with Crippen LogP contribution >= 0.6 is 37.2 Å². The van der Waals surface area contributed by atoms with E-state index in [0.717, 1.165) is 12.5 Å². The summed E-state index contributed by atoms with van der Waals surface area (Å²) in [5.74, 6) is 0. The van der Waals surface area contributed by atoms with Crippen molar-refractivity contribution in [2.45, 2.75) is 0 Å². The molecular weight excluding hydrogens is 382 g/mol. The third-order valence-corrected chi connectivity index (χ3v) is 1.05. The summed E-state index contributed by atoms with van der Waals surface area (Å²) in [5.41, 5.74) is 0.884. The fraction of sp³-hybridized carbons (Fsp3) is 0. The lowest BCUT2D eigenvalue weighted by atomic mass is 10.1. The summed E-state index contributed by atoms with van der Waals surface area (Å²) in [6.07, 6.45) is 4.56. The smallest absolute Gasteiger partial charge is 0.0871 e. The Kier molecular flexibility index (Phi) is 13.4. The minimum absolute atomic E-state index is 0.442. The maximum absolute atomic E-state index is 8.53. The molecule has 0 aliphatic rings. The fourth-order valence-corrected chi connectivity index (χ4v) is 0.490. The molecule has 0 aromatic rings. The summed E-state index contributed by atoms with van der Waals surface area (Å²) in [6.45, 7) is 6.84. The molecule has 0 rings (SSSR count). The second-order valence-electron chi connectivity index (χ2n) is 1.58. The molecule has 0 saturated heterocycles. The molecule has 0 unspecified atom stereocenters. The quantitative estimate of drug-likeness (QED) is 0.433. The van der Waals surface area contributed by atoms with E-state index < -0.39 is 0 Å². The number of aliphatic hydroxyl groups excluding tert-OH is 2. The highest BCUT2D eigenvalue weighted by atomic mass is 128. The van der Waals surface area contributed by atoms with Crippen molar-refractivity contribution in [3.63, 3.8) is 0 Å². The number of hydrogen-bond acceptors (Lipinski definition) is 2. The second kappa shape index (κ2) is 11.0. The van der Waals surface area contributed by atoms with Gasteiger partial charge in [0.05, 0.1) is 12.5 Å². The van der Waals surface area contributed by atoms with Crippen LogP contribution in [0.5, 0.6) is 0 Å². The van der Waals surface area contributed by atoms with E-state index in [2.05, 4.69) is 50.4 Å². The second-order valence-corrected chi connectivity index (χ2v) is 1.58. The summed E-state index contributed by atoms with van der Waals surface area (Å²) >= 11 is 4.24. The van der Waals surface area contributed by atoms with E-state index in [1.54, 1.807) is 0 Å². The van der Waals surface area contributed by atoms with E-state index in [1.807, 2.05) is 0 Å². The molecule has 68 valence electrons. The third kappa shape index (κ3) is 5.64. The van der Waals surface area contributed by atoms with Crippen molar-refractivity contribution in [3.8, 4) is 0 Å². The Hall–Kier alpha value is 0.0200. The first-order valence-electron chi connectivity index (χ1n) is 2.88. The predicted octanol–water partition coefficient (Wildman–Crippen LogP) is 4.01. The van der Waals surface area contributed by atoms with Crippen LogP contribution < -0.4 is 0 Å². The van der Waals surface area contributed by atoms with Gasteiger partial charge < -0.3 is 10.2 Å². The van der Waals surface area contributed by atoms with Gasteiger partial charge >= 0.3 is 0 Å². The molecule has 0 amide bonds. The number of rotatable bonds is 3. The summed E-state index contributed by atoms with van der Waals surface area (Å²) in [7, 11) is 0. The van der Waals surface area contributed by atoms with Crippen molar-refractivity contribution in [1.82, 2.24) is 0 Å². The standard InChI is InChI=1S/C8H10O2.I2/c1-3-7(5-9)8(4-2)6-10;1-2/h3-6,9-10H,1-2H2;/b7-5-,8-6-;. The zero-order chi connectivity index (χ0) is 9.98. The highest BCUT2D eigenvalue weighted by molar-refractivity contribution is 15.0. The molecule has 0 aromatic heterocycles. The maximum Gasteiger partial charge on any atom is 0.0871 e. The van der Waals surface area contributed by atoms with Gasteiger partial charge in [-0.05, 0) is 0 Å². The van der Waals surface area contributed by atoms with Crippen LogP contribution in [0.25, 0.3) is 0 Å². The molecule has 4 heteroatoms. The zero-order valence-electron chi connectivity index (χ0n) is 6.37. The van der Waals surface area contributed by atoms with Crippen molar-refractivity contribution in [1.29, 1.82) is 0 Å². The molecule has 0 fully saturated rings. The maximum atomic E-state index is 8.53. The highest BCUT2D eigenvalue weighted by Gasteiger charge is 1.94. The molecule has 0 saturated carbocycles. The first-order valence-corrected chi connectivity index (χ1v) is 9.17. The lowest BCUT2D eigenvalue weighted by Gasteiger charge is -1.96. The van der Waals surface area contributed by atoms with Gasteiger partial charge in [-0.15, -0.1) is 0 Å². The first-order chi connectivity index (χ1) is 5.79. The zero-order valence-corrected chi connectivity index (χ0v) is 10.7. The van der Waals surface area contributed by atoms with E-state index in [0.29, 0.717) is 11.1 Å². The molecule has 2 nitrogen and oxygen atoms in total. The largest absolute Gasteiger partial charge is 0.515 e. The van der Waals surface area contributed by atoms with Crippen molar-refractivity contribution >= 4 is 37.2 Å². The lowest BCUT2D eigenvalue weighted by molar-refractivity contribution is 0.461. The number of aliphatic hydroxyl groups is 2. The van der Waals surface area contributed by atoms with Crippen LogP contribution in [0.3, 0.4) is 0 Å². The summed E-state index contributed by atoms with van der Waals surface area (Å²) in [6, 6.07) is 0. The molecule has 0 aliphatic carbocycles. The molecule has 0 heterocycles. The number of hydrogen-bond donors (Lipinski definition) is 2. The molecule has 0 radical (unpaired) electrons. The average molecular weight is 392 g/mol. The average Bonchev–Trinajstić information content (AvgIpc) is 2.17. The van der Waals surface area contributed by atoms with E-state index in [1.165, 1.54) is 12.2 Å². The van der Waals surface area contributed by atoms with E-state index in [-0.39, 0.29) is 0 Å². The molecule has 2 N–H and O–H groups in total. The van der Waals surface area contributed by atoms with Crippen LogP contribution in [0.2, 0.25) is 0 Å². The van der Waals surface area contributed by atoms with Gasteiger partial charge in [0.25, 0.3) is 0 Å². The lowest BCUT2D eigenvalue weighted by Crippen LogP contribution is -1.81. The van der Waals surface area contributed by atoms with E-state index in [9.17, 15) is 0 Å².